The summed E-state index contributed by atoms with van der Waals surface area (Å²) < 4.78 is 1.59. The highest BCUT2D eigenvalue weighted by atomic mass is 32.2. The van der Waals surface area contributed by atoms with Gasteiger partial charge in [-0.05, 0) is 48.6 Å². The highest BCUT2D eigenvalue weighted by Crippen LogP contribution is 2.50. The van der Waals surface area contributed by atoms with Gasteiger partial charge in [0.1, 0.15) is 8.64 Å². The summed E-state index contributed by atoms with van der Waals surface area (Å²) in [5, 5.41) is 0. The predicted molar refractivity (Wildman–Crippen MR) is 168 cm³/mol. The predicted octanol–water partition coefficient (Wildman–Crippen LogP) is 7.77. The summed E-state index contributed by atoms with van der Waals surface area (Å²) in [7, 11) is 7.64. The van der Waals surface area contributed by atoms with Gasteiger partial charge in [-0.15, -0.1) is 0 Å². The van der Waals surface area contributed by atoms with Crippen LogP contribution in [0.1, 0.15) is 75.3 Å². The standard InChI is InChI=1S/C25H30O.C6H12N2S3/c26-23(24(17-9-3-10-18-24)21-13-5-1-6-14-21)25(19-11-4-12-20-25)22-15-7-2-8-16-22;1-7(2)5(9)11-6(10)8(3)4/h1-2,5-8,13-16H,3-4,9-12,17-20H2;1-4H3. The maximum Gasteiger partial charge on any atom is 0.153 e. The normalized spacial score (nSPS) is 18.1. The summed E-state index contributed by atoms with van der Waals surface area (Å²) in [6, 6.07) is 21.4. The summed E-state index contributed by atoms with van der Waals surface area (Å²) in [4.78, 5) is 18.1. The molecule has 2 aromatic carbocycles. The molecule has 37 heavy (non-hydrogen) atoms. The van der Waals surface area contributed by atoms with E-state index < -0.39 is 0 Å². The fourth-order valence-electron chi connectivity index (χ4n) is 5.83. The molecule has 2 saturated carbocycles. The molecule has 0 bridgehead atoms. The zero-order chi connectivity index (χ0) is 26.9. The third kappa shape index (κ3) is 7.21. The Kier molecular flexibility index (Phi) is 11.2. The first-order chi connectivity index (χ1) is 17.7. The van der Waals surface area contributed by atoms with Gasteiger partial charge in [0.25, 0.3) is 0 Å². The Morgan fingerprint density at radius 1 is 0.622 bits per heavy atom. The topological polar surface area (TPSA) is 23.6 Å². The minimum absolute atomic E-state index is 0.285. The van der Waals surface area contributed by atoms with Crippen molar-refractivity contribution in [3.63, 3.8) is 0 Å². The lowest BCUT2D eigenvalue weighted by atomic mass is 9.55. The zero-order valence-electron chi connectivity index (χ0n) is 22.9. The second kappa shape index (κ2) is 13.9. The van der Waals surface area contributed by atoms with Gasteiger partial charge in [-0.2, -0.15) is 0 Å². The Hall–Kier alpha value is -1.76. The van der Waals surface area contributed by atoms with Crippen molar-refractivity contribution in [1.29, 1.82) is 0 Å². The van der Waals surface area contributed by atoms with E-state index in [1.54, 1.807) is 0 Å². The Morgan fingerprint density at radius 2 is 0.946 bits per heavy atom. The SMILES string of the molecule is CN(C)C(=S)SC(=S)N(C)C.O=C(C1(c2ccccc2)CCCCC1)C1(c2ccccc2)CCCCC1. The highest BCUT2D eigenvalue weighted by molar-refractivity contribution is 8.37. The first-order valence-electron chi connectivity index (χ1n) is 13.5. The molecule has 0 unspecified atom stereocenters. The van der Waals surface area contributed by atoms with Crippen LogP contribution in [0.3, 0.4) is 0 Å². The van der Waals surface area contributed by atoms with E-state index in [9.17, 15) is 4.79 Å². The maximum absolute atomic E-state index is 14.4. The molecular formula is C31H42N2OS3. The molecule has 0 heterocycles. The van der Waals surface area contributed by atoms with Crippen molar-refractivity contribution >= 4 is 50.6 Å². The molecule has 3 nitrogen and oxygen atoms in total. The number of benzene rings is 2. The highest BCUT2D eigenvalue weighted by Gasteiger charge is 2.52. The third-order valence-corrected chi connectivity index (χ3v) is 10.2. The molecule has 200 valence electrons. The molecule has 0 spiro atoms. The van der Waals surface area contributed by atoms with E-state index in [4.69, 9.17) is 24.4 Å². The van der Waals surface area contributed by atoms with Crippen molar-refractivity contribution in [1.82, 2.24) is 9.80 Å². The van der Waals surface area contributed by atoms with Gasteiger partial charge in [-0.25, -0.2) is 0 Å². The summed E-state index contributed by atoms with van der Waals surface area (Å²) in [6.45, 7) is 0. The first kappa shape index (κ1) is 29.8. The van der Waals surface area contributed by atoms with Crippen LogP contribution in [0.4, 0.5) is 0 Å². The molecule has 2 fully saturated rings. The summed E-state index contributed by atoms with van der Waals surface area (Å²) in [6.07, 6.45) is 11.3. The van der Waals surface area contributed by atoms with Crippen LogP contribution in [0.15, 0.2) is 60.7 Å². The van der Waals surface area contributed by atoms with Gasteiger partial charge < -0.3 is 9.80 Å². The molecule has 6 heteroatoms. The zero-order valence-corrected chi connectivity index (χ0v) is 25.3. The largest absolute Gasteiger partial charge is 0.363 e. The molecule has 0 atom stereocenters. The summed E-state index contributed by atoms with van der Waals surface area (Å²) in [5.41, 5.74) is 1.94. The van der Waals surface area contributed by atoms with Crippen molar-refractivity contribution in [3.05, 3.63) is 71.8 Å². The van der Waals surface area contributed by atoms with Crippen molar-refractivity contribution < 1.29 is 4.79 Å². The lowest BCUT2D eigenvalue weighted by molar-refractivity contribution is -0.133. The van der Waals surface area contributed by atoms with Crippen molar-refractivity contribution in [2.45, 2.75) is 75.0 Å². The van der Waals surface area contributed by atoms with Crippen LogP contribution in [-0.2, 0) is 15.6 Å². The number of nitrogens with zero attached hydrogens (tertiary/aromatic N) is 2. The van der Waals surface area contributed by atoms with Crippen LogP contribution in [-0.4, -0.2) is 52.4 Å². The van der Waals surface area contributed by atoms with Gasteiger partial charge in [0.15, 0.2) is 5.78 Å². The molecule has 0 amide bonds. The molecule has 2 aromatic rings. The number of thiocarbonyl (C=S) groups is 2. The van der Waals surface area contributed by atoms with Crippen LogP contribution in [0.25, 0.3) is 0 Å². The molecule has 0 aliphatic heterocycles. The number of thioether (sulfide) groups is 1. The van der Waals surface area contributed by atoms with Crippen LogP contribution in [0, 0.1) is 0 Å². The number of hydrogen-bond acceptors (Lipinski definition) is 4. The second-order valence-electron chi connectivity index (χ2n) is 10.8. The van der Waals surface area contributed by atoms with Gasteiger partial charge in [0.2, 0.25) is 0 Å². The van der Waals surface area contributed by atoms with Crippen LogP contribution < -0.4 is 0 Å². The molecule has 0 aromatic heterocycles. The van der Waals surface area contributed by atoms with Crippen molar-refractivity contribution in [2.75, 3.05) is 28.2 Å². The molecule has 4 rings (SSSR count). The van der Waals surface area contributed by atoms with Crippen LogP contribution in [0.2, 0.25) is 0 Å². The number of rotatable bonds is 4. The van der Waals surface area contributed by atoms with E-state index >= 15 is 0 Å². The van der Waals surface area contributed by atoms with E-state index in [1.807, 2.05) is 38.0 Å². The molecule has 2 aliphatic rings. The lowest BCUT2D eigenvalue weighted by Crippen LogP contribution is -2.51. The van der Waals surface area contributed by atoms with Crippen LogP contribution >= 0.6 is 36.2 Å². The number of hydrogen-bond donors (Lipinski definition) is 0. The Labute approximate surface area is 239 Å². The number of Topliss-reactive ketones (excluding diaryl/α,β-unsaturated/α-hetero) is 1. The molecule has 0 saturated heterocycles. The quantitative estimate of drug-likeness (QED) is 0.358. The maximum atomic E-state index is 14.4. The second-order valence-corrected chi connectivity index (χ2v) is 13.0. The van der Waals surface area contributed by atoms with Gasteiger partial charge in [-0.1, -0.05) is 124 Å². The number of ketones is 1. The fraction of sp³-hybridized carbons (Fsp3) is 0.516. The van der Waals surface area contributed by atoms with Gasteiger partial charge in [0.05, 0.1) is 10.8 Å². The van der Waals surface area contributed by atoms with E-state index in [0.717, 1.165) is 34.3 Å². The number of carbonyl (C=O) groups excluding carboxylic acids is 1. The third-order valence-electron chi connectivity index (χ3n) is 7.84. The van der Waals surface area contributed by atoms with Gasteiger partial charge in [-0.3, -0.25) is 4.79 Å². The fourth-order valence-corrected chi connectivity index (χ4v) is 6.98. The summed E-state index contributed by atoms with van der Waals surface area (Å²) >= 11 is 11.5. The monoisotopic (exact) mass is 554 g/mol. The van der Waals surface area contributed by atoms with E-state index in [2.05, 4.69) is 60.7 Å². The van der Waals surface area contributed by atoms with Crippen molar-refractivity contribution in [2.24, 2.45) is 0 Å². The lowest BCUT2D eigenvalue weighted by Gasteiger charge is -2.46. The molecular weight excluding hydrogens is 513 g/mol. The minimum Gasteiger partial charge on any atom is -0.363 e. The van der Waals surface area contributed by atoms with E-state index in [0.29, 0.717) is 5.78 Å². The summed E-state index contributed by atoms with van der Waals surface area (Å²) in [5.74, 6) is 0.516. The molecule has 0 radical (unpaired) electrons. The van der Waals surface area contributed by atoms with Crippen LogP contribution in [0.5, 0.6) is 0 Å². The van der Waals surface area contributed by atoms with Gasteiger partial charge in [0, 0.05) is 28.2 Å². The molecule has 2 aliphatic carbocycles. The Bertz CT molecular complexity index is 943. The van der Waals surface area contributed by atoms with Gasteiger partial charge >= 0.3 is 0 Å². The Balaban J connectivity index is 0.000000295. The first-order valence-corrected chi connectivity index (χ1v) is 15.1. The average molecular weight is 555 g/mol. The Morgan fingerprint density at radius 3 is 1.24 bits per heavy atom. The minimum atomic E-state index is -0.285. The van der Waals surface area contributed by atoms with E-state index in [-0.39, 0.29) is 10.8 Å². The van der Waals surface area contributed by atoms with E-state index in [1.165, 1.54) is 61.4 Å². The van der Waals surface area contributed by atoms with Crippen molar-refractivity contribution in [3.8, 4) is 0 Å². The number of carbonyl (C=O) groups is 1. The molecule has 0 N–H and O–H groups in total. The smallest absolute Gasteiger partial charge is 0.153 e. The average Bonchev–Trinajstić information content (AvgIpc) is 2.94.